The van der Waals surface area contributed by atoms with E-state index in [1.54, 1.807) is 7.11 Å². The van der Waals surface area contributed by atoms with Crippen LogP contribution in [0.25, 0.3) is 0 Å². The van der Waals surface area contributed by atoms with E-state index in [0.717, 1.165) is 42.8 Å². The zero-order valence-electron chi connectivity index (χ0n) is 18.3. The van der Waals surface area contributed by atoms with E-state index in [1.807, 2.05) is 12.1 Å². The zero-order chi connectivity index (χ0) is 22.0. The molecule has 0 amide bonds. The number of piperidine rings is 1. The molecule has 1 aromatic rings. The minimum absolute atomic E-state index is 0.00202. The van der Waals surface area contributed by atoms with Crippen molar-refractivity contribution in [1.82, 2.24) is 4.90 Å². The van der Waals surface area contributed by atoms with Gasteiger partial charge in [0.15, 0.2) is 11.5 Å². The monoisotopic (exact) mass is 451 g/mol. The van der Waals surface area contributed by atoms with Gasteiger partial charge in [0, 0.05) is 23.6 Å². The summed E-state index contributed by atoms with van der Waals surface area (Å²) in [5.41, 5.74) is 0.283. The summed E-state index contributed by atoms with van der Waals surface area (Å²) in [5, 5.41) is 23.5. The molecule has 172 valence electrons. The number of aromatic hydroxyl groups is 1. The number of methoxy groups -OCH3 is 1. The Kier molecular flexibility index (Phi) is 5.08. The van der Waals surface area contributed by atoms with Crippen LogP contribution in [-0.2, 0) is 26.1 Å². The predicted molar refractivity (Wildman–Crippen MR) is 116 cm³/mol. The van der Waals surface area contributed by atoms with E-state index in [9.17, 15) is 18.6 Å². The number of likely N-dealkylation sites (tertiary alicyclic amines) is 1. The molecule has 0 unspecified atom stereocenters. The van der Waals surface area contributed by atoms with Gasteiger partial charge in [0.05, 0.1) is 25.6 Å². The molecular weight excluding hydrogens is 418 g/mol. The lowest BCUT2D eigenvalue weighted by molar-refractivity contribution is -0.177. The van der Waals surface area contributed by atoms with Crippen LogP contribution < -0.4 is 4.74 Å². The van der Waals surface area contributed by atoms with E-state index in [-0.39, 0.29) is 24.3 Å². The molecule has 4 aliphatic rings. The molecule has 5 rings (SSSR count). The van der Waals surface area contributed by atoms with Gasteiger partial charge >= 0.3 is 0 Å². The van der Waals surface area contributed by atoms with E-state index >= 15 is 0 Å². The minimum atomic E-state index is -3.53. The van der Waals surface area contributed by atoms with E-state index < -0.39 is 21.1 Å². The third-order valence-electron chi connectivity index (χ3n) is 8.26. The van der Waals surface area contributed by atoms with Crippen molar-refractivity contribution in [3.05, 3.63) is 23.3 Å². The van der Waals surface area contributed by atoms with Crippen molar-refractivity contribution < 1.29 is 27.6 Å². The fraction of sp³-hybridized carbons (Fsp3) is 0.739. The zero-order valence-corrected chi connectivity index (χ0v) is 19.2. The lowest BCUT2D eigenvalue weighted by Gasteiger charge is -2.64. The second kappa shape index (κ2) is 7.33. The standard InChI is InChI=1S/C23H33NO6S/c1-29-18-6-5-17-11-19-23(26)8-7-16(14-30-31(2,27)28)12-22(23,20(17)21(18)25)9-10-24(19)13-15-3-4-15/h5-6,15-16,19,25-26H,3-4,7-14H2,1-2H3/t16-,19+,22+,23+/m0/s1. The number of fused-ring (bicyclic) bond motifs is 1. The summed E-state index contributed by atoms with van der Waals surface area (Å²) < 4.78 is 33.7. The number of aliphatic hydroxyl groups is 1. The maximum absolute atomic E-state index is 12.3. The van der Waals surface area contributed by atoms with Gasteiger partial charge < -0.3 is 14.9 Å². The van der Waals surface area contributed by atoms with Crippen LogP contribution in [0.2, 0.25) is 0 Å². The first kappa shape index (κ1) is 21.5. The molecule has 3 aliphatic carbocycles. The quantitative estimate of drug-likeness (QED) is 0.640. The van der Waals surface area contributed by atoms with Crippen molar-refractivity contribution in [2.45, 2.75) is 62.0 Å². The largest absolute Gasteiger partial charge is 0.504 e. The average Bonchev–Trinajstić information content (AvgIpc) is 3.52. The van der Waals surface area contributed by atoms with Gasteiger partial charge in [-0.3, -0.25) is 9.08 Å². The second-order valence-electron chi connectivity index (χ2n) is 10.2. The average molecular weight is 452 g/mol. The first-order valence-corrected chi connectivity index (χ1v) is 13.2. The summed E-state index contributed by atoms with van der Waals surface area (Å²) in [6.45, 7) is 2.02. The molecule has 4 atom stereocenters. The van der Waals surface area contributed by atoms with E-state index in [0.29, 0.717) is 31.4 Å². The lowest BCUT2D eigenvalue weighted by atomic mass is 9.48. The molecule has 31 heavy (non-hydrogen) atoms. The van der Waals surface area contributed by atoms with Crippen LogP contribution in [0.1, 0.15) is 49.7 Å². The molecule has 7 nitrogen and oxygen atoms in total. The number of hydrogen-bond donors (Lipinski definition) is 2. The molecular formula is C23H33NO6S. The highest BCUT2D eigenvalue weighted by molar-refractivity contribution is 7.85. The number of phenolic OH excluding ortho intramolecular Hbond substituents is 1. The summed E-state index contributed by atoms with van der Waals surface area (Å²) in [5.74, 6) is 1.28. The van der Waals surface area contributed by atoms with E-state index in [1.165, 1.54) is 12.8 Å². The Labute approximate surface area is 184 Å². The molecule has 3 fully saturated rings. The molecule has 0 aromatic heterocycles. The normalized spacial score (nSPS) is 35.3. The van der Waals surface area contributed by atoms with Gasteiger partial charge in [-0.05, 0) is 75.0 Å². The Balaban J connectivity index is 1.57. The molecule has 2 saturated carbocycles. The van der Waals surface area contributed by atoms with Gasteiger partial charge in [0.1, 0.15) is 0 Å². The summed E-state index contributed by atoms with van der Waals surface area (Å²) in [6.07, 6.45) is 6.94. The maximum Gasteiger partial charge on any atom is 0.264 e. The molecule has 1 aromatic carbocycles. The third-order valence-corrected chi connectivity index (χ3v) is 8.83. The summed E-state index contributed by atoms with van der Waals surface area (Å²) >= 11 is 0. The molecule has 2 bridgehead atoms. The molecule has 0 radical (unpaired) electrons. The minimum Gasteiger partial charge on any atom is -0.504 e. The molecule has 2 N–H and O–H groups in total. The highest BCUT2D eigenvalue weighted by atomic mass is 32.2. The Bertz CT molecular complexity index is 977. The van der Waals surface area contributed by atoms with Crippen molar-refractivity contribution in [2.75, 3.05) is 33.1 Å². The van der Waals surface area contributed by atoms with Crippen LogP contribution in [0.5, 0.6) is 11.5 Å². The fourth-order valence-electron chi connectivity index (χ4n) is 6.68. The van der Waals surface area contributed by atoms with Crippen LogP contribution in [-0.4, -0.2) is 68.2 Å². The Morgan fingerprint density at radius 1 is 1.19 bits per heavy atom. The number of hydrogen-bond acceptors (Lipinski definition) is 7. The number of phenols is 1. The van der Waals surface area contributed by atoms with E-state index in [4.69, 9.17) is 8.92 Å². The van der Waals surface area contributed by atoms with Gasteiger partial charge in [-0.15, -0.1) is 0 Å². The number of ether oxygens (including phenoxy) is 1. The molecule has 1 aliphatic heterocycles. The molecule has 8 heteroatoms. The summed E-state index contributed by atoms with van der Waals surface area (Å²) in [4.78, 5) is 2.48. The number of rotatable bonds is 6. The SMILES string of the molecule is COc1ccc2c(c1O)[C@]13CCN(CC4CC4)[C@H](C2)[C@]1(O)CC[C@H](COS(C)(=O)=O)C3. The second-order valence-corrected chi connectivity index (χ2v) is 11.8. The number of benzene rings is 1. The van der Waals surface area contributed by atoms with E-state index in [2.05, 4.69) is 4.90 Å². The van der Waals surface area contributed by atoms with Crippen molar-refractivity contribution in [3.63, 3.8) is 0 Å². The molecule has 0 spiro atoms. The van der Waals surface area contributed by atoms with Gasteiger partial charge in [-0.1, -0.05) is 6.07 Å². The van der Waals surface area contributed by atoms with Crippen molar-refractivity contribution in [2.24, 2.45) is 11.8 Å². The number of nitrogens with zero attached hydrogens (tertiary/aromatic N) is 1. The van der Waals surface area contributed by atoms with Crippen LogP contribution in [0.3, 0.4) is 0 Å². The van der Waals surface area contributed by atoms with Crippen molar-refractivity contribution in [3.8, 4) is 11.5 Å². The van der Waals surface area contributed by atoms with Gasteiger partial charge in [0.2, 0.25) is 0 Å². The molecule has 1 heterocycles. The third kappa shape index (κ3) is 3.46. The topological polar surface area (TPSA) is 96.3 Å². The maximum atomic E-state index is 12.3. The van der Waals surface area contributed by atoms with Crippen LogP contribution in [0.4, 0.5) is 0 Å². The Morgan fingerprint density at radius 3 is 2.65 bits per heavy atom. The highest BCUT2D eigenvalue weighted by Gasteiger charge is 2.65. The van der Waals surface area contributed by atoms with Gasteiger partial charge in [-0.25, -0.2) is 0 Å². The Hall–Kier alpha value is -1.35. The summed E-state index contributed by atoms with van der Waals surface area (Å²) in [6, 6.07) is 3.85. The first-order chi connectivity index (χ1) is 14.7. The lowest BCUT2D eigenvalue weighted by Crippen LogP contribution is -2.73. The van der Waals surface area contributed by atoms with Crippen LogP contribution in [0.15, 0.2) is 12.1 Å². The van der Waals surface area contributed by atoms with Gasteiger partial charge in [0.25, 0.3) is 10.1 Å². The van der Waals surface area contributed by atoms with Crippen LogP contribution in [0, 0.1) is 11.8 Å². The van der Waals surface area contributed by atoms with Crippen molar-refractivity contribution >= 4 is 10.1 Å². The van der Waals surface area contributed by atoms with Crippen LogP contribution >= 0.6 is 0 Å². The highest BCUT2D eigenvalue weighted by Crippen LogP contribution is 2.62. The Morgan fingerprint density at radius 2 is 1.97 bits per heavy atom. The molecule has 1 saturated heterocycles. The predicted octanol–water partition coefficient (Wildman–Crippen LogP) is 2.19. The summed E-state index contributed by atoms with van der Waals surface area (Å²) in [7, 11) is -1.99. The fourth-order valence-corrected chi connectivity index (χ4v) is 7.12. The van der Waals surface area contributed by atoms with Crippen molar-refractivity contribution in [1.29, 1.82) is 0 Å². The van der Waals surface area contributed by atoms with Gasteiger partial charge in [-0.2, -0.15) is 8.42 Å². The first-order valence-electron chi connectivity index (χ1n) is 11.4. The smallest absolute Gasteiger partial charge is 0.264 e.